The summed E-state index contributed by atoms with van der Waals surface area (Å²) < 4.78 is 5.39. The van der Waals surface area contributed by atoms with Gasteiger partial charge in [-0.3, -0.25) is 4.79 Å². The SMILES string of the molecule is CCOc1ccc(CC(=O)NC2CCNCC2C)cc1. The standard InChI is InChI=1S/C16H24N2O2/c1-3-20-14-6-4-13(5-7-14)10-16(19)18-15-8-9-17-11-12(15)2/h4-7,12,15,17H,3,8-11H2,1-2H3,(H,18,19). The molecule has 4 nitrogen and oxygen atoms in total. The third-order valence-electron chi connectivity index (χ3n) is 3.73. The topological polar surface area (TPSA) is 50.4 Å². The van der Waals surface area contributed by atoms with E-state index in [0.29, 0.717) is 25.0 Å². The molecule has 110 valence electrons. The zero-order valence-corrected chi connectivity index (χ0v) is 12.3. The summed E-state index contributed by atoms with van der Waals surface area (Å²) in [7, 11) is 0. The summed E-state index contributed by atoms with van der Waals surface area (Å²) >= 11 is 0. The van der Waals surface area contributed by atoms with Gasteiger partial charge in [0.1, 0.15) is 5.75 Å². The van der Waals surface area contributed by atoms with Crippen molar-refractivity contribution in [1.29, 1.82) is 0 Å². The molecule has 1 saturated heterocycles. The van der Waals surface area contributed by atoms with Crippen LogP contribution in [0.15, 0.2) is 24.3 Å². The molecular weight excluding hydrogens is 252 g/mol. The molecule has 4 heteroatoms. The fourth-order valence-electron chi connectivity index (χ4n) is 2.54. The number of carbonyl (C=O) groups is 1. The van der Waals surface area contributed by atoms with Crippen LogP contribution in [0, 0.1) is 5.92 Å². The molecule has 1 heterocycles. The Morgan fingerprint density at radius 2 is 2.15 bits per heavy atom. The van der Waals surface area contributed by atoms with Crippen LogP contribution < -0.4 is 15.4 Å². The second-order valence-electron chi connectivity index (χ2n) is 5.40. The van der Waals surface area contributed by atoms with Crippen LogP contribution in [-0.4, -0.2) is 31.6 Å². The van der Waals surface area contributed by atoms with Gasteiger partial charge < -0.3 is 15.4 Å². The van der Waals surface area contributed by atoms with Gasteiger partial charge in [-0.15, -0.1) is 0 Å². The van der Waals surface area contributed by atoms with E-state index in [9.17, 15) is 4.79 Å². The van der Waals surface area contributed by atoms with E-state index in [-0.39, 0.29) is 5.91 Å². The van der Waals surface area contributed by atoms with Crippen LogP contribution in [0.25, 0.3) is 0 Å². The molecule has 0 bridgehead atoms. The molecule has 0 radical (unpaired) electrons. The second kappa shape index (κ2) is 7.29. The number of hydrogen-bond donors (Lipinski definition) is 2. The van der Waals surface area contributed by atoms with Crippen LogP contribution in [0.1, 0.15) is 25.8 Å². The minimum atomic E-state index is 0.105. The lowest BCUT2D eigenvalue weighted by molar-refractivity contribution is -0.121. The lowest BCUT2D eigenvalue weighted by Gasteiger charge is -2.30. The van der Waals surface area contributed by atoms with Crippen LogP contribution in [0.4, 0.5) is 0 Å². The molecule has 2 unspecified atom stereocenters. The van der Waals surface area contributed by atoms with Crippen molar-refractivity contribution >= 4 is 5.91 Å². The summed E-state index contributed by atoms with van der Waals surface area (Å²) in [5.74, 6) is 1.45. The van der Waals surface area contributed by atoms with Crippen LogP contribution >= 0.6 is 0 Å². The molecule has 1 aromatic rings. The van der Waals surface area contributed by atoms with Crippen molar-refractivity contribution in [2.24, 2.45) is 5.92 Å². The Kier molecular flexibility index (Phi) is 5.41. The maximum absolute atomic E-state index is 12.1. The number of nitrogens with one attached hydrogen (secondary N) is 2. The summed E-state index contributed by atoms with van der Waals surface area (Å²) in [5, 5.41) is 6.49. The van der Waals surface area contributed by atoms with Gasteiger partial charge in [0, 0.05) is 6.04 Å². The molecule has 0 aliphatic carbocycles. The molecule has 1 fully saturated rings. The maximum atomic E-state index is 12.1. The Balaban J connectivity index is 1.84. The largest absolute Gasteiger partial charge is 0.494 e. The Bertz CT molecular complexity index is 431. The number of carbonyl (C=O) groups excluding carboxylic acids is 1. The monoisotopic (exact) mass is 276 g/mol. The highest BCUT2D eigenvalue weighted by Gasteiger charge is 2.22. The van der Waals surface area contributed by atoms with E-state index in [1.165, 1.54) is 0 Å². The van der Waals surface area contributed by atoms with E-state index in [1.807, 2.05) is 31.2 Å². The normalized spacial score (nSPS) is 22.3. The van der Waals surface area contributed by atoms with Crippen LogP contribution in [0.5, 0.6) is 5.75 Å². The average Bonchev–Trinajstić information content (AvgIpc) is 2.44. The van der Waals surface area contributed by atoms with Crippen molar-refractivity contribution in [1.82, 2.24) is 10.6 Å². The van der Waals surface area contributed by atoms with Gasteiger partial charge in [0.05, 0.1) is 13.0 Å². The lowest BCUT2D eigenvalue weighted by atomic mass is 9.95. The van der Waals surface area contributed by atoms with Gasteiger partial charge in [-0.2, -0.15) is 0 Å². The number of piperidine rings is 1. The molecule has 0 saturated carbocycles. The molecule has 0 spiro atoms. The first-order valence-corrected chi connectivity index (χ1v) is 7.41. The van der Waals surface area contributed by atoms with Crippen LogP contribution in [-0.2, 0) is 11.2 Å². The smallest absolute Gasteiger partial charge is 0.224 e. The Hall–Kier alpha value is -1.55. The highest BCUT2D eigenvalue weighted by molar-refractivity contribution is 5.78. The molecule has 2 rings (SSSR count). The van der Waals surface area contributed by atoms with Crippen molar-refractivity contribution in [2.75, 3.05) is 19.7 Å². The van der Waals surface area contributed by atoms with E-state index < -0.39 is 0 Å². The van der Waals surface area contributed by atoms with Crippen molar-refractivity contribution in [3.05, 3.63) is 29.8 Å². The number of rotatable bonds is 5. The van der Waals surface area contributed by atoms with Crippen molar-refractivity contribution < 1.29 is 9.53 Å². The van der Waals surface area contributed by atoms with Gasteiger partial charge in [0.15, 0.2) is 0 Å². The molecule has 1 aliphatic rings. The summed E-state index contributed by atoms with van der Waals surface area (Å²) in [6.45, 7) is 6.76. The molecular formula is C16H24N2O2. The van der Waals surface area contributed by atoms with Gasteiger partial charge >= 0.3 is 0 Å². The van der Waals surface area contributed by atoms with E-state index in [4.69, 9.17) is 4.74 Å². The molecule has 2 atom stereocenters. The zero-order valence-electron chi connectivity index (χ0n) is 12.3. The minimum absolute atomic E-state index is 0.105. The first-order chi connectivity index (χ1) is 9.69. The van der Waals surface area contributed by atoms with E-state index in [2.05, 4.69) is 17.6 Å². The highest BCUT2D eigenvalue weighted by Crippen LogP contribution is 2.14. The summed E-state index contributed by atoms with van der Waals surface area (Å²) in [6, 6.07) is 8.04. The predicted molar refractivity (Wildman–Crippen MR) is 79.9 cm³/mol. The zero-order chi connectivity index (χ0) is 14.4. The first-order valence-electron chi connectivity index (χ1n) is 7.41. The molecule has 1 aromatic carbocycles. The number of benzene rings is 1. The van der Waals surface area contributed by atoms with Crippen LogP contribution in [0.2, 0.25) is 0 Å². The first kappa shape index (κ1) is 14.9. The summed E-state index contributed by atoms with van der Waals surface area (Å²) in [6.07, 6.45) is 1.44. The Labute approximate surface area is 120 Å². The molecule has 1 aliphatic heterocycles. The Morgan fingerprint density at radius 1 is 1.40 bits per heavy atom. The van der Waals surface area contributed by atoms with Gasteiger partial charge in [-0.25, -0.2) is 0 Å². The third kappa shape index (κ3) is 4.23. The van der Waals surface area contributed by atoms with Gasteiger partial charge in [-0.1, -0.05) is 19.1 Å². The lowest BCUT2D eigenvalue weighted by Crippen LogP contribution is -2.48. The van der Waals surface area contributed by atoms with Gasteiger partial charge in [-0.05, 0) is 50.0 Å². The van der Waals surface area contributed by atoms with Crippen LogP contribution in [0.3, 0.4) is 0 Å². The number of amides is 1. The van der Waals surface area contributed by atoms with Gasteiger partial charge in [0.2, 0.25) is 5.91 Å². The van der Waals surface area contributed by atoms with Crippen molar-refractivity contribution in [3.63, 3.8) is 0 Å². The van der Waals surface area contributed by atoms with Gasteiger partial charge in [0.25, 0.3) is 0 Å². The molecule has 1 amide bonds. The minimum Gasteiger partial charge on any atom is -0.494 e. The third-order valence-corrected chi connectivity index (χ3v) is 3.73. The molecule has 20 heavy (non-hydrogen) atoms. The van der Waals surface area contributed by atoms with E-state index in [1.54, 1.807) is 0 Å². The maximum Gasteiger partial charge on any atom is 0.224 e. The van der Waals surface area contributed by atoms with Crippen molar-refractivity contribution in [2.45, 2.75) is 32.7 Å². The second-order valence-corrected chi connectivity index (χ2v) is 5.40. The van der Waals surface area contributed by atoms with E-state index in [0.717, 1.165) is 30.8 Å². The fourth-order valence-corrected chi connectivity index (χ4v) is 2.54. The highest BCUT2D eigenvalue weighted by atomic mass is 16.5. The number of ether oxygens (including phenoxy) is 1. The Morgan fingerprint density at radius 3 is 2.80 bits per heavy atom. The molecule has 2 N–H and O–H groups in total. The molecule has 0 aromatic heterocycles. The fraction of sp³-hybridized carbons (Fsp3) is 0.562. The summed E-state index contributed by atoms with van der Waals surface area (Å²) in [5.41, 5.74) is 1.02. The predicted octanol–water partition coefficient (Wildman–Crippen LogP) is 1.74. The summed E-state index contributed by atoms with van der Waals surface area (Å²) in [4.78, 5) is 12.1. The average molecular weight is 276 g/mol. The van der Waals surface area contributed by atoms with Crippen molar-refractivity contribution in [3.8, 4) is 5.75 Å². The number of hydrogen-bond acceptors (Lipinski definition) is 3. The van der Waals surface area contributed by atoms with E-state index >= 15 is 0 Å². The quantitative estimate of drug-likeness (QED) is 0.861.